The van der Waals surface area contributed by atoms with Crippen molar-refractivity contribution in [3.8, 4) is 5.75 Å². The van der Waals surface area contributed by atoms with Gasteiger partial charge < -0.3 is 14.2 Å². The molecule has 21 heavy (non-hydrogen) atoms. The number of hydrogen-bond donors (Lipinski definition) is 0. The maximum absolute atomic E-state index is 6.15. The zero-order chi connectivity index (χ0) is 14.8. The summed E-state index contributed by atoms with van der Waals surface area (Å²) in [6, 6.07) is 6.58. The Labute approximate surface area is 130 Å². The molecule has 2 heterocycles. The highest BCUT2D eigenvalue weighted by Crippen LogP contribution is 2.32. The van der Waals surface area contributed by atoms with Crippen LogP contribution >= 0.6 is 11.6 Å². The minimum absolute atomic E-state index is 0.431. The van der Waals surface area contributed by atoms with Gasteiger partial charge in [-0.2, -0.15) is 0 Å². The number of fused-ring (bicyclic) bond motifs is 1. The largest absolute Gasteiger partial charge is 0.492 e. The van der Waals surface area contributed by atoms with Gasteiger partial charge in [-0.1, -0.05) is 6.07 Å². The molecule has 1 unspecified atom stereocenters. The van der Waals surface area contributed by atoms with Gasteiger partial charge in [0.05, 0.1) is 18.0 Å². The molecule has 1 aliphatic heterocycles. The van der Waals surface area contributed by atoms with E-state index in [-0.39, 0.29) is 0 Å². The lowest BCUT2D eigenvalue weighted by atomic mass is 10.1. The number of ether oxygens (including phenoxy) is 1. The number of nitrogens with zero attached hydrogens (tertiary/aromatic N) is 3. The Morgan fingerprint density at radius 1 is 1.43 bits per heavy atom. The Morgan fingerprint density at radius 3 is 3.00 bits per heavy atom. The molecule has 1 aliphatic rings. The highest BCUT2D eigenvalue weighted by Gasteiger charge is 2.24. The first-order valence-corrected chi connectivity index (χ1v) is 8.15. The molecule has 0 N–H and O–H groups in total. The van der Waals surface area contributed by atoms with Crippen LogP contribution in [-0.2, 0) is 5.88 Å². The molecule has 2 aromatic rings. The molecule has 114 valence electrons. The van der Waals surface area contributed by atoms with Crippen LogP contribution in [0.25, 0.3) is 11.0 Å². The van der Waals surface area contributed by atoms with Crippen LogP contribution in [0, 0.1) is 0 Å². The molecule has 1 aromatic carbocycles. The second-order valence-corrected chi connectivity index (χ2v) is 5.91. The smallest absolute Gasteiger partial charge is 0.147 e. The van der Waals surface area contributed by atoms with E-state index < -0.39 is 0 Å². The quantitative estimate of drug-likeness (QED) is 0.811. The van der Waals surface area contributed by atoms with Gasteiger partial charge in [0.25, 0.3) is 0 Å². The van der Waals surface area contributed by atoms with Gasteiger partial charge in [-0.3, -0.25) is 0 Å². The zero-order valence-electron chi connectivity index (χ0n) is 12.7. The SMILES string of the molecule is CCOc1cccc2c1nc(CCl)n2C1CCCN(C)C1. The van der Waals surface area contributed by atoms with Crippen molar-refractivity contribution in [2.45, 2.75) is 31.7 Å². The lowest BCUT2D eigenvalue weighted by Gasteiger charge is -2.31. The molecule has 0 spiro atoms. The molecule has 0 bridgehead atoms. The van der Waals surface area contributed by atoms with Crippen LogP contribution in [-0.4, -0.2) is 41.2 Å². The average molecular weight is 308 g/mol. The van der Waals surface area contributed by atoms with Crippen LogP contribution in [0.15, 0.2) is 18.2 Å². The number of imidazole rings is 1. The van der Waals surface area contributed by atoms with Gasteiger partial charge >= 0.3 is 0 Å². The summed E-state index contributed by atoms with van der Waals surface area (Å²) in [6.07, 6.45) is 2.40. The fraction of sp³-hybridized carbons (Fsp3) is 0.562. The van der Waals surface area contributed by atoms with Gasteiger partial charge in [0.2, 0.25) is 0 Å². The number of piperidine rings is 1. The van der Waals surface area contributed by atoms with Gasteiger partial charge in [-0.05, 0) is 45.5 Å². The summed E-state index contributed by atoms with van der Waals surface area (Å²) in [5.74, 6) is 2.23. The number of likely N-dealkylation sites (N-methyl/N-ethyl adjacent to an activating group) is 1. The minimum Gasteiger partial charge on any atom is -0.492 e. The van der Waals surface area contributed by atoms with Crippen molar-refractivity contribution >= 4 is 22.6 Å². The number of benzene rings is 1. The highest BCUT2D eigenvalue weighted by atomic mass is 35.5. The Morgan fingerprint density at radius 2 is 2.29 bits per heavy atom. The van der Waals surface area contributed by atoms with Gasteiger partial charge in [0.15, 0.2) is 0 Å². The van der Waals surface area contributed by atoms with Crippen molar-refractivity contribution in [2.24, 2.45) is 0 Å². The number of rotatable bonds is 4. The summed E-state index contributed by atoms with van der Waals surface area (Å²) >= 11 is 6.15. The fourth-order valence-electron chi connectivity index (χ4n) is 3.26. The van der Waals surface area contributed by atoms with Crippen molar-refractivity contribution in [3.63, 3.8) is 0 Å². The number of aromatic nitrogens is 2. The van der Waals surface area contributed by atoms with Gasteiger partial charge in [0, 0.05) is 12.6 Å². The number of alkyl halides is 1. The summed E-state index contributed by atoms with van der Waals surface area (Å²) in [7, 11) is 2.18. The van der Waals surface area contributed by atoms with Gasteiger partial charge in [-0.25, -0.2) is 4.98 Å². The topological polar surface area (TPSA) is 30.3 Å². The maximum Gasteiger partial charge on any atom is 0.147 e. The Bertz CT molecular complexity index is 625. The number of para-hydroxylation sites is 1. The van der Waals surface area contributed by atoms with E-state index in [0.29, 0.717) is 18.5 Å². The molecule has 4 nitrogen and oxygen atoms in total. The van der Waals surface area contributed by atoms with E-state index >= 15 is 0 Å². The van der Waals surface area contributed by atoms with Crippen molar-refractivity contribution in [1.82, 2.24) is 14.5 Å². The van der Waals surface area contributed by atoms with Crippen molar-refractivity contribution in [1.29, 1.82) is 0 Å². The van der Waals surface area contributed by atoms with Crippen LogP contribution in [0.4, 0.5) is 0 Å². The van der Waals surface area contributed by atoms with E-state index in [1.54, 1.807) is 0 Å². The Kier molecular flexibility index (Phi) is 4.36. The third kappa shape index (κ3) is 2.74. The van der Waals surface area contributed by atoms with Gasteiger partial charge in [0.1, 0.15) is 17.1 Å². The maximum atomic E-state index is 6.15. The average Bonchev–Trinajstić information content (AvgIpc) is 2.87. The Balaban J connectivity index is 2.09. The van der Waals surface area contributed by atoms with Crippen molar-refractivity contribution < 1.29 is 4.74 Å². The number of halogens is 1. The predicted molar refractivity (Wildman–Crippen MR) is 86.2 cm³/mol. The molecule has 1 saturated heterocycles. The van der Waals surface area contributed by atoms with Crippen molar-refractivity contribution in [2.75, 3.05) is 26.7 Å². The normalized spacial score (nSPS) is 20.0. The molecule has 0 aliphatic carbocycles. The summed E-state index contributed by atoms with van der Waals surface area (Å²) < 4.78 is 8.03. The zero-order valence-corrected chi connectivity index (χ0v) is 13.4. The first-order chi connectivity index (χ1) is 10.2. The second kappa shape index (κ2) is 6.24. The second-order valence-electron chi connectivity index (χ2n) is 5.65. The summed E-state index contributed by atoms with van der Waals surface area (Å²) in [6.45, 7) is 4.86. The van der Waals surface area contributed by atoms with Crippen LogP contribution < -0.4 is 4.74 Å². The van der Waals surface area contributed by atoms with E-state index in [1.165, 1.54) is 19.4 Å². The van der Waals surface area contributed by atoms with Crippen molar-refractivity contribution in [3.05, 3.63) is 24.0 Å². The van der Waals surface area contributed by atoms with Crippen LogP contribution in [0.1, 0.15) is 31.6 Å². The van der Waals surface area contributed by atoms with E-state index in [0.717, 1.165) is 29.2 Å². The lowest BCUT2D eigenvalue weighted by molar-refractivity contribution is 0.213. The predicted octanol–water partition coefficient (Wildman–Crippen LogP) is 3.44. The van der Waals surface area contributed by atoms with Gasteiger partial charge in [-0.15, -0.1) is 11.6 Å². The van der Waals surface area contributed by atoms with E-state index in [1.807, 2.05) is 19.1 Å². The first kappa shape index (κ1) is 14.7. The first-order valence-electron chi connectivity index (χ1n) is 7.61. The summed E-state index contributed by atoms with van der Waals surface area (Å²) in [5, 5.41) is 0. The molecule has 1 aromatic heterocycles. The molecular weight excluding hydrogens is 286 g/mol. The third-order valence-corrected chi connectivity index (χ3v) is 4.38. The molecule has 0 amide bonds. The standard InChI is InChI=1S/C16H22ClN3O/c1-3-21-14-8-4-7-13-16(14)18-15(10-17)20(13)12-6-5-9-19(2)11-12/h4,7-8,12H,3,5-6,9-11H2,1-2H3. The summed E-state index contributed by atoms with van der Waals surface area (Å²) in [4.78, 5) is 7.12. The molecular formula is C16H22ClN3O. The third-order valence-electron chi connectivity index (χ3n) is 4.14. The van der Waals surface area contributed by atoms with Crippen LogP contribution in [0.2, 0.25) is 0 Å². The number of hydrogen-bond acceptors (Lipinski definition) is 3. The molecule has 1 fully saturated rings. The fourth-order valence-corrected chi connectivity index (χ4v) is 3.45. The molecule has 0 saturated carbocycles. The Hall–Kier alpha value is -1.26. The molecule has 0 radical (unpaired) electrons. The van der Waals surface area contributed by atoms with Crippen LogP contribution in [0.5, 0.6) is 5.75 Å². The molecule has 3 rings (SSSR count). The highest BCUT2D eigenvalue weighted by molar-refractivity contribution is 6.16. The van der Waals surface area contributed by atoms with E-state index in [4.69, 9.17) is 21.3 Å². The monoisotopic (exact) mass is 307 g/mol. The number of likely N-dealkylation sites (tertiary alicyclic amines) is 1. The van der Waals surface area contributed by atoms with E-state index in [2.05, 4.69) is 22.6 Å². The lowest BCUT2D eigenvalue weighted by Crippen LogP contribution is -2.34. The summed E-state index contributed by atoms with van der Waals surface area (Å²) in [5.41, 5.74) is 2.07. The minimum atomic E-state index is 0.431. The van der Waals surface area contributed by atoms with E-state index in [9.17, 15) is 0 Å². The molecule has 5 heteroatoms. The molecule has 1 atom stereocenters. The van der Waals surface area contributed by atoms with Crippen LogP contribution in [0.3, 0.4) is 0 Å².